The van der Waals surface area contributed by atoms with Gasteiger partial charge in [-0.15, -0.1) is 5.10 Å². The molecule has 3 heterocycles. The lowest BCUT2D eigenvalue weighted by atomic mass is 10.2. The van der Waals surface area contributed by atoms with Gasteiger partial charge in [-0.05, 0) is 38.7 Å². The number of amides is 1. The molecule has 0 aliphatic heterocycles. The van der Waals surface area contributed by atoms with Crippen LogP contribution in [0.3, 0.4) is 0 Å². The second-order valence-corrected chi connectivity index (χ2v) is 6.91. The van der Waals surface area contributed by atoms with Crippen LogP contribution < -0.4 is 16.0 Å². The van der Waals surface area contributed by atoms with Gasteiger partial charge >= 0.3 is 0 Å². The standard InChI is InChI=1S/C17H23N9O/c1-9(11-4-5-11)20-15-12-6-7-19-14(12)22-17(23-15)21-13-8-26(25-24-13)10(2)16(27)18-3/h6-11H,4-5H2,1-3H3,(H,18,27)(H3,19,20,21,22,23)/t9-,10?/m0/s1. The number of hydrogen-bond donors (Lipinski definition) is 4. The maximum absolute atomic E-state index is 11.7. The molecule has 0 saturated heterocycles. The number of carbonyl (C=O) groups is 1. The van der Waals surface area contributed by atoms with E-state index < -0.39 is 6.04 Å². The van der Waals surface area contributed by atoms with Crippen LogP contribution in [-0.2, 0) is 4.79 Å². The smallest absolute Gasteiger partial charge is 0.244 e. The third-order valence-corrected chi connectivity index (χ3v) is 4.88. The van der Waals surface area contributed by atoms with Gasteiger partial charge in [-0.25, -0.2) is 4.68 Å². The van der Waals surface area contributed by atoms with Crippen LogP contribution >= 0.6 is 0 Å². The molecular weight excluding hydrogens is 346 g/mol. The first kappa shape index (κ1) is 17.3. The summed E-state index contributed by atoms with van der Waals surface area (Å²) in [6, 6.07) is 1.86. The first-order chi connectivity index (χ1) is 13.0. The van der Waals surface area contributed by atoms with Crippen molar-refractivity contribution in [3.8, 4) is 0 Å². The Hall–Kier alpha value is -3.17. The number of H-pyrrole nitrogens is 1. The largest absolute Gasteiger partial charge is 0.367 e. The molecular formula is C17H23N9O. The van der Waals surface area contributed by atoms with Gasteiger partial charge in [0.2, 0.25) is 11.9 Å². The highest BCUT2D eigenvalue weighted by atomic mass is 16.2. The molecule has 0 spiro atoms. The molecule has 2 atom stereocenters. The molecule has 1 amide bonds. The van der Waals surface area contributed by atoms with E-state index in [0.29, 0.717) is 23.7 Å². The fourth-order valence-electron chi connectivity index (χ4n) is 3.00. The molecule has 142 valence electrons. The summed E-state index contributed by atoms with van der Waals surface area (Å²) in [4.78, 5) is 24.0. The number of nitrogens with zero attached hydrogens (tertiary/aromatic N) is 5. The van der Waals surface area contributed by atoms with Crippen molar-refractivity contribution < 1.29 is 4.79 Å². The molecule has 1 aliphatic rings. The van der Waals surface area contributed by atoms with Crippen LogP contribution in [-0.4, -0.2) is 48.9 Å². The van der Waals surface area contributed by atoms with Gasteiger partial charge in [0.05, 0.1) is 11.6 Å². The van der Waals surface area contributed by atoms with Crippen LogP contribution in [0.25, 0.3) is 11.0 Å². The fourth-order valence-corrected chi connectivity index (χ4v) is 3.00. The number of rotatable bonds is 7. The molecule has 4 rings (SSSR count). The molecule has 1 saturated carbocycles. The van der Waals surface area contributed by atoms with E-state index in [9.17, 15) is 4.79 Å². The van der Waals surface area contributed by atoms with Crippen molar-refractivity contribution in [2.45, 2.75) is 38.8 Å². The van der Waals surface area contributed by atoms with E-state index in [1.807, 2.05) is 12.3 Å². The molecule has 10 heteroatoms. The summed E-state index contributed by atoms with van der Waals surface area (Å²) >= 11 is 0. The van der Waals surface area contributed by atoms with Crippen molar-refractivity contribution in [2.75, 3.05) is 17.7 Å². The number of nitrogens with one attached hydrogen (secondary N) is 4. The van der Waals surface area contributed by atoms with Gasteiger partial charge in [-0.1, -0.05) is 5.21 Å². The number of fused-ring (bicyclic) bond motifs is 1. The van der Waals surface area contributed by atoms with Crippen molar-refractivity contribution in [2.24, 2.45) is 5.92 Å². The van der Waals surface area contributed by atoms with Gasteiger partial charge in [-0.2, -0.15) is 9.97 Å². The molecule has 0 aromatic carbocycles. The minimum Gasteiger partial charge on any atom is -0.367 e. The van der Waals surface area contributed by atoms with Crippen molar-refractivity contribution in [1.29, 1.82) is 0 Å². The van der Waals surface area contributed by atoms with E-state index in [1.54, 1.807) is 20.2 Å². The van der Waals surface area contributed by atoms with Crippen LogP contribution in [0, 0.1) is 5.92 Å². The van der Waals surface area contributed by atoms with Gasteiger partial charge in [-0.3, -0.25) is 4.79 Å². The zero-order valence-corrected chi connectivity index (χ0v) is 15.5. The molecule has 3 aromatic heterocycles. The minimum absolute atomic E-state index is 0.143. The Morgan fingerprint density at radius 3 is 2.89 bits per heavy atom. The Kier molecular flexibility index (Phi) is 4.38. The summed E-state index contributed by atoms with van der Waals surface area (Å²) in [6.07, 6.45) is 6.01. The number of hydrogen-bond acceptors (Lipinski definition) is 7. The fraction of sp³-hybridized carbons (Fsp3) is 0.471. The molecule has 1 fully saturated rings. The van der Waals surface area contributed by atoms with E-state index in [4.69, 9.17) is 0 Å². The highest BCUT2D eigenvalue weighted by Crippen LogP contribution is 2.34. The normalized spacial score (nSPS) is 16.1. The number of aromatic amines is 1. The van der Waals surface area contributed by atoms with Crippen LogP contribution in [0.5, 0.6) is 0 Å². The Balaban J connectivity index is 1.57. The lowest BCUT2D eigenvalue weighted by Crippen LogP contribution is -2.28. The van der Waals surface area contributed by atoms with Gasteiger partial charge in [0.25, 0.3) is 0 Å². The average molecular weight is 369 g/mol. The Morgan fingerprint density at radius 2 is 2.15 bits per heavy atom. The lowest BCUT2D eigenvalue weighted by Gasteiger charge is -2.15. The summed E-state index contributed by atoms with van der Waals surface area (Å²) < 4.78 is 1.49. The number of carbonyl (C=O) groups excluding carboxylic acids is 1. The third kappa shape index (κ3) is 3.55. The van der Waals surface area contributed by atoms with Crippen molar-refractivity contribution in [1.82, 2.24) is 35.3 Å². The predicted octanol–water partition coefficient (Wildman–Crippen LogP) is 1.81. The summed E-state index contributed by atoms with van der Waals surface area (Å²) in [5, 5.41) is 18.2. The van der Waals surface area contributed by atoms with E-state index in [-0.39, 0.29) is 5.91 Å². The van der Waals surface area contributed by atoms with Crippen LogP contribution in [0.2, 0.25) is 0 Å². The minimum atomic E-state index is -0.457. The maximum Gasteiger partial charge on any atom is 0.244 e. The summed E-state index contributed by atoms with van der Waals surface area (Å²) in [6.45, 7) is 3.93. The maximum atomic E-state index is 11.7. The second kappa shape index (κ2) is 6.86. The second-order valence-electron chi connectivity index (χ2n) is 6.91. The Labute approximate surface area is 156 Å². The van der Waals surface area contributed by atoms with Gasteiger partial charge in [0, 0.05) is 19.3 Å². The third-order valence-electron chi connectivity index (χ3n) is 4.88. The quantitative estimate of drug-likeness (QED) is 0.500. The van der Waals surface area contributed by atoms with Crippen LogP contribution in [0.4, 0.5) is 17.6 Å². The van der Waals surface area contributed by atoms with Crippen LogP contribution in [0.15, 0.2) is 18.5 Å². The molecule has 10 nitrogen and oxygen atoms in total. The number of likely N-dealkylation sites (N-methyl/N-ethyl adjacent to an activating group) is 1. The first-order valence-corrected chi connectivity index (χ1v) is 9.07. The SMILES string of the molecule is CNC(=O)C(C)n1cc(Nc2nc(N[C@@H](C)C3CC3)c3cc[nH]c3n2)nn1. The molecule has 0 bridgehead atoms. The highest BCUT2D eigenvalue weighted by molar-refractivity contribution is 5.88. The monoisotopic (exact) mass is 369 g/mol. The number of aromatic nitrogens is 6. The Morgan fingerprint density at radius 1 is 1.33 bits per heavy atom. The Bertz CT molecular complexity index is 958. The van der Waals surface area contributed by atoms with Gasteiger partial charge in [0.15, 0.2) is 5.82 Å². The predicted molar refractivity (Wildman–Crippen MR) is 102 cm³/mol. The highest BCUT2D eigenvalue weighted by Gasteiger charge is 2.28. The van der Waals surface area contributed by atoms with Crippen molar-refractivity contribution in [3.63, 3.8) is 0 Å². The van der Waals surface area contributed by atoms with Gasteiger partial charge in [0.1, 0.15) is 17.5 Å². The van der Waals surface area contributed by atoms with E-state index in [1.165, 1.54) is 17.5 Å². The van der Waals surface area contributed by atoms with E-state index >= 15 is 0 Å². The molecule has 3 aromatic rings. The van der Waals surface area contributed by atoms with Crippen molar-refractivity contribution >= 4 is 34.5 Å². The van der Waals surface area contributed by atoms with E-state index in [2.05, 4.69) is 48.1 Å². The topological polar surface area (TPSA) is 125 Å². The number of anilines is 3. The zero-order valence-electron chi connectivity index (χ0n) is 15.5. The summed E-state index contributed by atoms with van der Waals surface area (Å²) in [5.41, 5.74) is 0.740. The van der Waals surface area contributed by atoms with Gasteiger partial charge < -0.3 is 20.9 Å². The van der Waals surface area contributed by atoms with Crippen molar-refractivity contribution in [3.05, 3.63) is 18.5 Å². The molecule has 0 radical (unpaired) electrons. The van der Waals surface area contributed by atoms with Crippen LogP contribution in [0.1, 0.15) is 32.7 Å². The summed E-state index contributed by atoms with van der Waals surface area (Å²) in [7, 11) is 1.59. The van der Waals surface area contributed by atoms with E-state index in [0.717, 1.165) is 16.9 Å². The average Bonchev–Trinajstić information content (AvgIpc) is 3.24. The lowest BCUT2D eigenvalue weighted by molar-refractivity contribution is -0.123. The zero-order chi connectivity index (χ0) is 19.0. The summed E-state index contributed by atoms with van der Waals surface area (Å²) in [5.74, 6) is 2.23. The molecule has 1 unspecified atom stereocenters. The molecule has 4 N–H and O–H groups in total. The molecule has 27 heavy (non-hydrogen) atoms. The first-order valence-electron chi connectivity index (χ1n) is 9.07. The molecule has 1 aliphatic carbocycles.